The first kappa shape index (κ1) is 16.4. The van der Waals surface area contributed by atoms with Gasteiger partial charge in [0.1, 0.15) is 11.6 Å². The number of pyridine rings is 1. The van der Waals surface area contributed by atoms with Crippen molar-refractivity contribution < 1.29 is 29.0 Å². The van der Waals surface area contributed by atoms with Crippen LogP contribution in [0.4, 0.5) is 0 Å². The van der Waals surface area contributed by atoms with E-state index >= 15 is 0 Å². The molecule has 8 heteroatoms. The van der Waals surface area contributed by atoms with Crippen LogP contribution in [0.3, 0.4) is 0 Å². The van der Waals surface area contributed by atoms with Gasteiger partial charge in [0, 0.05) is 12.6 Å². The Bertz CT molecular complexity index is 531. The molecule has 21 heavy (non-hydrogen) atoms. The molecule has 1 atom stereocenters. The molecule has 0 fully saturated rings. The van der Waals surface area contributed by atoms with Crippen LogP contribution in [0, 0.1) is 0 Å². The minimum Gasteiger partial charge on any atom is -0.480 e. The second-order valence-corrected chi connectivity index (χ2v) is 4.04. The van der Waals surface area contributed by atoms with Crippen LogP contribution in [-0.4, -0.2) is 48.2 Å². The summed E-state index contributed by atoms with van der Waals surface area (Å²) >= 11 is 0. The quantitative estimate of drug-likeness (QED) is 0.692. The second-order valence-electron chi connectivity index (χ2n) is 4.04. The summed E-state index contributed by atoms with van der Waals surface area (Å²) < 4.78 is 9.36. The molecular formula is C13H16N2O6. The lowest BCUT2D eigenvalue weighted by atomic mass is 10.1. The maximum Gasteiger partial charge on any atom is 0.326 e. The van der Waals surface area contributed by atoms with Gasteiger partial charge in [-0.05, 0) is 18.6 Å². The maximum atomic E-state index is 12.0. The van der Waals surface area contributed by atoms with Crippen LogP contribution in [-0.2, 0) is 14.3 Å². The highest BCUT2D eigenvalue weighted by Gasteiger charge is 2.23. The summed E-state index contributed by atoms with van der Waals surface area (Å²) in [5.74, 6) is -2.34. The number of rotatable bonds is 7. The molecule has 0 aliphatic carbocycles. The van der Waals surface area contributed by atoms with Gasteiger partial charge in [0.15, 0.2) is 0 Å². The highest BCUT2D eigenvalue weighted by Crippen LogP contribution is 2.14. The minimum atomic E-state index is -1.24. The summed E-state index contributed by atoms with van der Waals surface area (Å²) in [6, 6.07) is 1.78. The second kappa shape index (κ2) is 7.83. The number of hydrogen-bond donors (Lipinski definition) is 2. The zero-order chi connectivity index (χ0) is 15.8. The van der Waals surface area contributed by atoms with Crippen LogP contribution in [0.1, 0.15) is 23.2 Å². The molecule has 0 aliphatic heterocycles. The number of aromatic nitrogens is 1. The number of carboxylic acid groups (broad SMARTS) is 1. The highest BCUT2D eigenvalue weighted by atomic mass is 16.5. The van der Waals surface area contributed by atoms with Crippen LogP contribution in [0.15, 0.2) is 18.3 Å². The summed E-state index contributed by atoms with van der Waals surface area (Å²) in [6.07, 6.45) is 1.26. The van der Waals surface area contributed by atoms with Gasteiger partial charge in [-0.3, -0.25) is 9.59 Å². The number of carbonyl (C=O) groups excluding carboxylic acids is 2. The van der Waals surface area contributed by atoms with Gasteiger partial charge >= 0.3 is 11.9 Å². The van der Waals surface area contributed by atoms with Crippen molar-refractivity contribution in [2.45, 2.75) is 18.9 Å². The predicted molar refractivity (Wildman–Crippen MR) is 70.9 cm³/mol. The van der Waals surface area contributed by atoms with Gasteiger partial charge in [0.05, 0.1) is 14.2 Å². The Labute approximate surface area is 121 Å². The molecule has 0 bridgehead atoms. The molecule has 0 spiro atoms. The third-order valence-electron chi connectivity index (χ3n) is 2.68. The number of nitrogens with zero attached hydrogens (tertiary/aromatic N) is 1. The Morgan fingerprint density at radius 3 is 2.67 bits per heavy atom. The number of nitrogens with one attached hydrogen (secondary N) is 1. The van der Waals surface area contributed by atoms with Crippen LogP contribution in [0.2, 0.25) is 0 Å². The number of esters is 1. The lowest BCUT2D eigenvalue weighted by Gasteiger charge is -2.14. The largest absolute Gasteiger partial charge is 0.480 e. The fourth-order valence-electron chi connectivity index (χ4n) is 1.58. The van der Waals surface area contributed by atoms with E-state index in [0.29, 0.717) is 0 Å². The molecule has 2 N–H and O–H groups in total. The molecule has 0 saturated heterocycles. The molecular weight excluding hydrogens is 280 g/mol. The summed E-state index contributed by atoms with van der Waals surface area (Å²) in [5.41, 5.74) is 0.115. The molecule has 0 saturated carbocycles. The third kappa shape index (κ3) is 4.75. The SMILES string of the molecule is COC(=O)CC[C@H](NC(=O)c1cccnc1OC)C(=O)O. The Morgan fingerprint density at radius 1 is 1.38 bits per heavy atom. The Kier molecular flexibility index (Phi) is 6.12. The van der Waals surface area contributed by atoms with E-state index in [4.69, 9.17) is 9.84 Å². The molecule has 0 radical (unpaired) electrons. The summed E-state index contributed by atoms with van der Waals surface area (Å²) in [7, 11) is 2.56. The van der Waals surface area contributed by atoms with Crippen molar-refractivity contribution in [3.05, 3.63) is 23.9 Å². The first-order valence-corrected chi connectivity index (χ1v) is 6.09. The van der Waals surface area contributed by atoms with Gasteiger partial charge in [0.25, 0.3) is 5.91 Å². The Hall–Kier alpha value is -2.64. The van der Waals surface area contributed by atoms with Crippen LogP contribution in [0.5, 0.6) is 5.88 Å². The standard InChI is InChI=1S/C13H16N2O6/c1-20-10(16)6-5-9(13(18)19)15-11(17)8-4-3-7-14-12(8)21-2/h3-4,7,9H,5-6H2,1-2H3,(H,15,17)(H,18,19)/t9-/m0/s1. The van der Waals surface area contributed by atoms with E-state index in [1.54, 1.807) is 0 Å². The molecule has 114 valence electrons. The van der Waals surface area contributed by atoms with Gasteiger partial charge in [-0.2, -0.15) is 0 Å². The van der Waals surface area contributed by atoms with E-state index in [9.17, 15) is 14.4 Å². The molecule has 8 nitrogen and oxygen atoms in total. The zero-order valence-corrected chi connectivity index (χ0v) is 11.7. The molecule has 1 aromatic heterocycles. The van der Waals surface area contributed by atoms with E-state index in [2.05, 4.69) is 15.0 Å². The van der Waals surface area contributed by atoms with Gasteiger partial charge < -0.3 is 19.9 Å². The number of ether oxygens (including phenoxy) is 2. The normalized spacial score (nSPS) is 11.3. The number of carbonyl (C=O) groups is 3. The lowest BCUT2D eigenvalue weighted by molar-refractivity contribution is -0.142. The highest BCUT2D eigenvalue weighted by molar-refractivity contribution is 5.98. The first-order valence-electron chi connectivity index (χ1n) is 6.09. The molecule has 1 rings (SSSR count). The van der Waals surface area contributed by atoms with E-state index < -0.39 is 23.9 Å². The fraction of sp³-hybridized carbons (Fsp3) is 0.385. The van der Waals surface area contributed by atoms with Gasteiger partial charge in [-0.25, -0.2) is 9.78 Å². The van der Waals surface area contributed by atoms with Gasteiger partial charge in [0.2, 0.25) is 5.88 Å². The van der Waals surface area contributed by atoms with Crippen LogP contribution >= 0.6 is 0 Å². The lowest BCUT2D eigenvalue weighted by Crippen LogP contribution is -2.41. The number of hydrogen-bond acceptors (Lipinski definition) is 6. The van der Waals surface area contributed by atoms with Crippen molar-refractivity contribution in [3.8, 4) is 5.88 Å². The number of amides is 1. The average molecular weight is 296 g/mol. The molecule has 0 aliphatic rings. The maximum absolute atomic E-state index is 12.0. The van der Waals surface area contributed by atoms with Crippen molar-refractivity contribution in [2.75, 3.05) is 14.2 Å². The van der Waals surface area contributed by atoms with Crippen molar-refractivity contribution in [1.29, 1.82) is 0 Å². The molecule has 1 aromatic rings. The average Bonchev–Trinajstić information content (AvgIpc) is 2.50. The monoisotopic (exact) mass is 296 g/mol. The van der Waals surface area contributed by atoms with Crippen molar-refractivity contribution in [3.63, 3.8) is 0 Å². The van der Waals surface area contributed by atoms with E-state index in [0.717, 1.165) is 0 Å². The fourth-order valence-corrected chi connectivity index (χ4v) is 1.58. The van der Waals surface area contributed by atoms with E-state index in [1.165, 1.54) is 32.5 Å². The molecule has 0 unspecified atom stereocenters. The number of methoxy groups -OCH3 is 2. The molecule has 1 heterocycles. The zero-order valence-electron chi connectivity index (χ0n) is 11.7. The van der Waals surface area contributed by atoms with Crippen molar-refractivity contribution in [2.24, 2.45) is 0 Å². The summed E-state index contributed by atoms with van der Waals surface area (Å²) in [4.78, 5) is 38.0. The smallest absolute Gasteiger partial charge is 0.326 e. The van der Waals surface area contributed by atoms with Gasteiger partial charge in [-0.15, -0.1) is 0 Å². The number of aliphatic carboxylic acids is 1. The Morgan fingerprint density at radius 2 is 2.10 bits per heavy atom. The topological polar surface area (TPSA) is 115 Å². The minimum absolute atomic E-state index is 0.0731. The van der Waals surface area contributed by atoms with Crippen molar-refractivity contribution >= 4 is 17.8 Å². The molecule has 0 aromatic carbocycles. The van der Waals surface area contributed by atoms with E-state index in [-0.39, 0.29) is 24.3 Å². The van der Waals surface area contributed by atoms with Gasteiger partial charge in [-0.1, -0.05) is 0 Å². The van der Waals surface area contributed by atoms with Crippen LogP contribution in [0.25, 0.3) is 0 Å². The summed E-state index contributed by atoms with van der Waals surface area (Å²) in [5, 5.41) is 11.4. The number of carboxylic acids is 1. The first-order chi connectivity index (χ1) is 9.99. The molecule has 1 amide bonds. The summed E-state index contributed by atoms with van der Waals surface area (Å²) in [6.45, 7) is 0. The Balaban J connectivity index is 2.76. The van der Waals surface area contributed by atoms with Crippen LogP contribution < -0.4 is 10.1 Å². The third-order valence-corrected chi connectivity index (χ3v) is 2.68. The predicted octanol–water partition coefficient (Wildman–Crippen LogP) is 0.226. The van der Waals surface area contributed by atoms with E-state index in [1.807, 2.05) is 0 Å². The van der Waals surface area contributed by atoms with Crippen molar-refractivity contribution in [1.82, 2.24) is 10.3 Å².